The van der Waals surface area contributed by atoms with Crippen LogP contribution in [0.5, 0.6) is 0 Å². The van der Waals surface area contributed by atoms with Gasteiger partial charge in [0.1, 0.15) is 17.7 Å². The topological polar surface area (TPSA) is 121 Å². The minimum absolute atomic E-state index is 0.0353. The highest BCUT2D eigenvalue weighted by molar-refractivity contribution is 5.91. The molecule has 0 saturated carbocycles. The third-order valence-electron chi connectivity index (χ3n) is 7.10. The number of nitrogens with one attached hydrogen (secondary N) is 1. The molecule has 2 amide bonds. The van der Waals surface area contributed by atoms with Gasteiger partial charge in [-0.25, -0.2) is 0 Å². The van der Waals surface area contributed by atoms with Crippen LogP contribution in [-0.4, -0.2) is 56.4 Å². The van der Waals surface area contributed by atoms with E-state index in [-0.39, 0.29) is 29.8 Å². The summed E-state index contributed by atoms with van der Waals surface area (Å²) in [7, 11) is 0. The molecule has 3 heterocycles. The highest BCUT2D eigenvalue weighted by Gasteiger charge is 2.41. The lowest BCUT2D eigenvalue weighted by Crippen LogP contribution is -2.49. The van der Waals surface area contributed by atoms with Crippen molar-refractivity contribution in [3.8, 4) is 11.1 Å². The lowest BCUT2D eigenvalue weighted by atomic mass is 9.88. The first-order chi connectivity index (χ1) is 18.1. The smallest absolute Gasteiger partial charge is 0.243 e. The third kappa shape index (κ3) is 5.93. The lowest BCUT2D eigenvalue weighted by molar-refractivity contribution is -0.141. The Labute approximate surface area is 223 Å². The number of hydrogen-bond donors (Lipinski definition) is 2. The van der Waals surface area contributed by atoms with E-state index in [4.69, 9.17) is 4.52 Å². The van der Waals surface area contributed by atoms with Gasteiger partial charge in [0.15, 0.2) is 0 Å². The van der Waals surface area contributed by atoms with Crippen molar-refractivity contribution >= 4 is 11.8 Å². The molecule has 2 N–H and O–H groups in total. The maximum Gasteiger partial charge on any atom is 0.243 e. The first kappa shape index (κ1) is 27.4. The van der Waals surface area contributed by atoms with E-state index in [0.717, 1.165) is 28.8 Å². The van der Waals surface area contributed by atoms with Crippen molar-refractivity contribution in [1.29, 1.82) is 0 Å². The summed E-state index contributed by atoms with van der Waals surface area (Å²) in [5.74, 6) is -0.445. The molecule has 4 rings (SSSR count). The van der Waals surface area contributed by atoms with Crippen LogP contribution < -0.4 is 5.32 Å². The van der Waals surface area contributed by atoms with Gasteiger partial charge in [-0.15, -0.1) is 0 Å². The minimum Gasteiger partial charge on any atom is -0.394 e. The molecule has 38 heavy (non-hydrogen) atoms. The van der Waals surface area contributed by atoms with Gasteiger partial charge in [-0.05, 0) is 36.0 Å². The molecule has 0 aliphatic carbocycles. The van der Waals surface area contributed by atoms with Crippen molar-refractivity contribution in [2.24, 2.45) is 5.92 Å². The number of nitrogens with zero attached hydrogens (tertiary/aromatic N) is 4. The number of aromatic nitrogens is 3. The Balaban J connectivity index is 1.48. The van der Waals surface area contributed by atoms with E-state index < -0.39 is 18.0 Å². The second-order valence-electron chi connectivity index (χ2n) is 11.3. The number of rotatable bonds is 8. The average Bonchev–Trinajstić information content (AvgIpc) is 3.58. The van der Waals surface area contributed by atoms with Gasteiger partial charge in [-0.2, -0.15) is 10.2 Å². The van der Waals surface area contributed by atoms with E-state index in [1.807, 2.05) is 71.0 Å². The first-order valence-corrected chi connectivity index (χ1v) is 13.2. The average molecular weight is 520 g/mol. The summed E-state index contributed by atoms with van der Waals surface area (Å²) in [5.41, 5.74) is 3.26. The predicted octanol–water partition coefficient (Wildman–Crippen LogP) is 4.01. The predicted molar refractivity (Wildman–Crippen MR) is 143 cm³/mol. The van der Waals surface area contributed by atoms with Crippen molar-refractivity contribution in [3.05, 3.63) is 65.8 Å². The van der Waals surface area contributed by atoms with Gasteiger partial charge in [0.2, 0.25) is 11.8 Å². The molecule has 9 nitrogen and oxygen atoms in total. The molecule has 0 spiro atoms. The van der Waals surface area contributed by atoms with E-state index in [1.165, 1.54) is 0 Å². The number of aliphatic hydroxyl groups excluding tert-OH is 1. The van der Waals surface area contributed by atoms with Crippen LogP contribution >= 0.6 is 0 Å². The zero-order chi connectivity index (χ0) is 27.4. The number of aliphatic hydroxyl groups is 1. The quantitative estimate of drug-likeness (QED) is 0.461. The van der Waals surface area contributed by atoms with Crippen LogP contribution in [0.4, 0.5) is 0 Å². The molecule has 1 aromatic carbocycles. The summed E-state index contributed by atoms with van der Waals surface area (Å²) >= 11 is 0. The molecule has 9 heteroatoms. The normalized spacial score (nSPS) is 17.4. The number of carbonyl (C=O) groups excluding carboxylic acids is 2. The van der Waals surface area contributed by atoms with Crippen molar-refractivity contribution in [3.63, 3.8) is 0 Å². The molecule has 1 aliphatic rings. The second kappa shape index (κ2) is 11.4. The summed E-state index contributed by atoms with van der Waals surface area (Å²) in [6.45, 7) is 10.3. The van der Waals surface area contributed by atoms with Gasteiger partial charge in [0.05, 0.1) is 30.7 Å². The molecule has 0 bridgehead atoms. The molecule has 1 fully saturated rings. The van der Waals surface area contributed by atoms with Gasteiger partial charge in [0, 0.05) is 23.6 Å². The van der Waals surface area contributed by atoms with E-state index in [2.05, 4.69) is 20.7 Å². The lowest BCUT2D eigenvalue weighted by Gasteiger charge is -2.30. The highest BCUT2D eigenvalue weighted by Crippen LogP contribution is 2.33. The van der Waals surface area contributed by atoms with Crippen molar-refractivity contribution in [1.82, 2.24) is 25.6 Å². The Morgan fingerprint density at radius 1 is 1.13 bits per heavy atom. The number of amides is 2. The van der Waals surface area contributed by atoms with E-state index >= 15 is 0 Å². The van der Waals surface area contributed by atoms with Gasteiger partial charge in [0.25, 0.3) is 0 Å². The maximum absolute atomic E-state index is 13.8. The van der Waals surface area contributed by atoms with E-state index in [9.17, 15) is 14.7 Å². The number of benzene rings is 1. The van der Waals surface area contributed by atoms with Crippen LogP contribution in [0.2, 0.25) is 0 Å². The van der Waals surface area contributed by atoms with Crippen LogP contribution in [0.25, 0.3) is 11.1 Å². The zero-order valence-corrected chi connectivity index (χ0v) is 22.7. The van der Waals surface area contributed by atoms with Crippen molar-refractivity contribution in [2.75, 3.05) is 13.2 Å². The second-order valence-corrected chi connectivity index (χ2v) is 11.3. The molecule has 202 valence electrons. The molecule has 0 unspecified atom stereocenters. The van der Waals surface area contributed by atoms with Crippen molar-refractivity contribution < 1.29 is 19.2 Å². The van der Waals surface area contributed by atoms with Gasteiger partial charge in [-0.3, -0.25) is 9.59 Å². The summed E-state index contributed by atoms with van der Waals surface area (Å²) in [6.07, 6.45) is 4.61. The summed E-state index contributed by atoms with van der Waals surface area (Å²) in [6, 6.07) is 10.1. The number of hydrogen-bond acceptors (Lipinski definition) is 7. The molecule has 1 saturated heterocycles. The monoisotopic (exact) mass is 519 g/mol. The molecule has 0 radical (unpaired) electrons. The SMILES string of the molecule is CC(C)[C@@H](C(=O)N1CCC[C@H]1C(=O)N[C@@H](CO)c1ccc(-c2ccnnc2)cc1)c1cc(C(C)(C)C)no1. The molecular formula is C29H37N5O4. The fourth-order valence-corrected chi connectivity index (χ4v) is 4.88. The Hall–Kier alpha value is -3.59. The highest BCUT2D eigenvalue weighted by atomic mass is 16.5. The Kier molecular flexibility index (Phi) is 8.26. The van der Waals surface area contributed by atoms with E-state index in [0.29, 0.717) is 18.7 Å². The van der Waals surface area contributed by atoms with Gasteiger partial charge >= 0.3 is 0 Å². The summed E-state index contributed by atoms with van der Waals surface area (Å²) in [4.78, 5) is 28.8. The van der Waals surface area contributed by atoms with E-state index in [1.54, 1.807) is 17.3 Å². The molecule has 3 aromatic rings. The van der Waals surface area contributed by atoms with Crippen LogP contribution in [0.3, 0.4) is 0 Å². The largest absolute Gasteiger partial charge is 0.394 e. The molecule has 1 aliphatic heterocycles. The summed E-state index contributed by atoms with van der Waals surface area (Å²) in [5, 5.41) is 24.9. The Morgan fingerprint density at radius 2 is 1.87 bits per heavy atom. The fourth-order valence-electron chi connectivity index (χ4n) is 4.88. The van der Waals surface area contributed by atoms with Gasteiger partial charge in [-0.1, -0.05) is 64.0 Å². The Morgan fingerprint density at radius 3 is 2.45 bits per heavy atom. The molecular weight excluding hydrogens is 482 g/mol. The zero-order valence-electron chi connectivity index (χ0n) is 22.7. The van der Waals surface area contributed by atoms with Crippen LogP contribution in [0, 0.1) is 5.92 Å². The van der Waals surface area contributed by atoms with Crippen LogP contribution in [-0.2, 0) is 15.0 Å². The fraction of sp³-hybridized carbons (Fsp3) is 0.483. The standard InChI is InChI=1S/C29H37N5O4/c1-18(2)26(24-15-25(33-38-24)29(3,4)5)28(37)34-14-6-7-23(34)27(36)32-22(17-35)20-10-8-19(9-11-20)21-12-13-30-31-16-21/h8-13,15-16,18,22-23,26,35H,6-7,14,17H2,1-5H3,(H,32,36)/t22-,23-,26+/m0/s1. The maximum atomic E-state index is 13.8. The number of likely N-dealkylation sites (tertiary alicyclic amines) is 1. The third-order valence-corrected chi connectivity index (χ3v) is 7.10. The Bertz CT molecular complexity index is 1230. The van der Waals surface area contributed by atoms with Crippen LogP contribution in [0.15, 0.2) is 53.3 Å². The number of carbonyl (C=O) groups is 2. The first-order valence-electron chi connectivity index (χ1n) is 13.2. The summed E-state index contributed by atoms with van der Waals surface area (Å²) < 4.78 is 5.63. The van der Waals surface area contributed by atoms with Crippen LogP contribution in [0.1, 0.15) is 76.4 Å². The van der Waals surface area contributed by atoms with Crippen molar-refractivity contribution in [2.45, 2.75) is 70.9 Å². The molecule has 2 aromatic heterocycles. The van der Waals surface area contributed by atoms with Gasteiger partial charge < -0.3 is 19.8 Å². The minimum atomic E-state index is -0.607. The molecule has 3 atom stereocenters.